The predicted octanol–water partition coefficient (Wildman–Crippen LogP) is 3.88. The number of hydrogen-bond donors (Lipinski definition) is 1. The molecule has 0 heterocycles. The summed E-state index contributed by atoms with van der Waals surface area (Å²) in [5.41, 5.74) is 3.67. The number of benzene rings is 2. The molecule has 0 radical (unpaired) electrons. The molecule has 0 bridgehead atoms. The molecule has 1 atom stereocenters. The zero-order valence-corrected chi connectivity index (χ0v) is 15.2. The van der Waals surface area contributed by atoms with Gasteiger partial charge in [-0.25, -0.2) is 13.1 Å². The van der Waals surface area contributed by atoms with Crippen molar-refractivity contribution in [2.24, 2.45) is 0 Å². The molecule has 0 spiro atoms. The van der Waals surface area contributed by atoms with E-state index in [4.69, 9.17) is 16.3 Å². The Morgan fingerprint density at radius 1 is 1.12 bits per heavy atom. The maximum absolute atomic E-state index is 12.6. The Morgan fingerprint density at radius 3 is 2.58 bits per heavy atom. The van der Waals surface area contributed by atoms with E-state index < -0.39 is 10.0 Å². The summed E-state index contributed by atoms with van der Waals surface area (Å²) in [5.74, 6) is 0.447. The fraction of sp³-hybridized carbons (Fsp3) is 0.333. The molecule has 2 aromatic rings. The Labute approximate surface area is 147 Å². The van der Waals surface area contributed by atoms with Gasteiger partial charge in [-0.2, -0.15) is 0 Å². The quantitative estimate of drug-likeness (QED) is 0.874. The van der Waals surface area contributed by atoms with Crippen molar-refractivity contribution in [1.82, 2.24) is 4.72 Å². The summed E-state index contributed by atoms with van der Waals surface area (Å²) in [6, 6.07) is 10.3. The van der Waals surface area contributed by atoms with Gasteiger partial charge in [0.15, 0.2) is 0 Å². The first-order valence-electron chi connectivity index (χ1n) is 7.88. The smallest absolute Gasteiger partial charge is 0.241 e. The van der Waals surface area contributed by atoms with Gasteiger partial charge in [0.05, 0.1) is 17.0 Å². The van der Waals surface area contributed by atoms with Crippen molar-refractivity contribution in [2.45, 2.75) is 37.1 Å². The molecule has 3 rings (SSSR count). The monoisotopic (exact) mass is 365 g/mol. The van der Waals surface area contributed by atoms with Crippen LogP contribution >= 0.6 is 11.6 Å². The number of hydrogen-bond acceptors (Lipinski definition) is 3. The molecular weight excluding hydrogens is 346 g/mol. The zero-order valence-electron chi connectivity index (χ0n) is 13.7. The molecule has 128 valence electrons. The highest BCUT2D eigenvalue weighted by Crippen LogP contribution is 2.29. The number of nitrogens with one attached hydrogen (secondary N) is 1. The van der Waals surface area contributed by atoms with Crippen LogP contribution in [-0.2, 0) is 22.9 Å². The number of methoxy groups -OCH3 is 1. The molecule has 1 aliphatic carbocycles. The Balaban J connectivity index is 1.82. The highest BCUT2D eigenvalue weighted by molar-refractivity contribution is 7.89. The van der Waals surface area contributed by atoms with Gasteiger partial charge in [-0.3, -0.25) is 0 Å². The van der Waals surface area contributed by atoms with Crippen LogP contribution in [-0.4, -0.2) is 15.5 Å². The normalized spacial score (nSPS) is 15.1. The minimum atomic E-state index is -3.66. The van der Waals surface area contributed by atoms with Crippen LogP contribution in [0.5, 0.6) is 5.75 Å². The Morgan fingerprint density at radius 2 is 1.88 bits per heavy atom. The van der Waals surface area contributed by atoms with Crippen molar-refractivity contribution < 1.29 is 13.2 Å². The standard InChI is InChI=1S/C18H20ClNO3S/c1-12(14-7-6-13-4-3-5-15(13)10-14)20-24(21,22)16-8-9-18(23-2)17(19)11-16/h6-12,20H,3-5H2,1-2H3/t12-/m0/s1. The first kappa shape index (κ1) is 17.3. The molecule has 0 fully saturated rings. The van der Waals surface area contributed by atoms with Crippen LogP contribution in [0.3, 0.4) is 0 Å². The van der Waals surface area contributed by atoms with Gasteiger partial charge in [-0.05, 0) is 61.1 Å². The van der Waals surface area contributed by atoms with Crippen molar-refractivity contribution >= 4 is 21.6 Å². The number of sulfonamides is 1. The van der Waals surface area contributed by atoms with E-state index in [1.54, 1.807) is 6.07 Å². The second kappa shape index (κ2) is 6.75. The van der Waals surface area contributed by atoms with Gasteiger partial charge >= 0.3 is 0 Å². The summed E-state index contributed by atoms with van der Waals surface area (Å²) >= 11 is 6.04. The van der Waals surface area contributed by atoms with Gasteiger partial charge < -0.3 is 4.74 Å². The lowest BCUT2D eigenvalue weighted by Gasteiger charge is -2.16. The molecule has 0 amide bonds. The second-order valence-corrected chi connectivity index (χ2v) is 8.14. The highest BCUT2D eigenvalue weighted by atomic mass is 35.5. The topological polar surface area (TPSA) is 55.4 Å². The fourth-order valence-electron chi connectivity index (χ4n) is 3.04. The average Bonchev–Trinajstić information content (AvgIpc) is 3.01. The molecule has 0 aliphatic heterocycles. The van der Waals surface area contributed by atoms with Gasteiger partial charge in [0.1, 0.15) is 5.75 Å². The first-order valence-corrected chi connectivity index (χ1v) is 9.74. The Hall–Kier alpha value is -1.56. The second-order valence-electron chi connectivity index (χ2n) is 6.02. The zero-order chi connectivity index (χ0) is 17.3. The lowest BCUT2D eigenvalue weighted by atomic mass is 10.0. The van der Waals surface area contributed by atoms with Crippen LogP contribution < -0.4 is 9.46 Å². The molecule has 0 aromatic heterocycles. The molecule has 4 nitrogen and oxygen atoms in total. The summed E-state index contributed by atoms with van der Waals surface area (Å²) < 4.78 is 33.0. The van der Waals surface area contributed by atoms with E-state index in [9.17, 15) is 8.42 Å². The summed E-state index contributed by atoms with van der Waals surface area (Å²) in [6.45, 7) is 1.85. The minimum absolute atomic E-state index is 0.126. The first-order chi connectivity index (χ1) is 11.4. The van der Waals surface area contributed by atoms with Crippen LogP contribution in [0.1, 0.15) is 36.1 Å². The third kappa shape index (κ3) is 3.43. The molecule has 6 heteroatoms. The van der Waals surface area contributed by atoms with Gasteiger partial charge in [0.2, 0.25) is 10.0 Å². The fourth-order valence-corrected chi connectivity index (χ4v) is 4.62. The largest absolute Gasteiger partial charge is 0.495 e. The van der Waals surface area contributed by atoms with Crippen molar-refractivity contribution in [3.63, 3.8) is 0 Å². The van der Waals surface area contributed by atoms with E-state index >= 15 is 0 Å². The molecule has 1 N–H and O–H groups in total. The van der Waals surface area contributed by atoms with Crippen LogP contribution in [0.15, 0.2) is 41.3 Å². The van der Waals surface area contributed by atoms with Crippen LogP contribution in [0.25, 0.3) is 0 Å². The van der Waals surface area contributed by atoms with Gasteiger partial charge in [0, 0.05) is 6.04 Å². The number of ether oxygens (including phenoxy) is 1. The number of halogens is 1. The van der Waals surface area contributed by atoms with Crippen molar-refractivity contribution in [2.75, 3.05) is 7.11 Å². The lowest BCUT2D eigenvalue weighted by Crippen LogP contribution is -2.27. The van der Waals surface area contributed by atoms with Crippen LogP contribution in [0, 0.1) is 0 Å². The Bertz CT molecular complexity index is 865. The molecule has 0 unspecified atom stereocenters. The van der Waals surface area contributed by atoms with Crippen LogP contribution in [0.2, 0.25) is 5.02 Å². The van der Waals surface area contributed by atoms with Gasteiger partial charge in [0.25, 0.3) is 0 Å². The van der Waals surface area contributed by atoms with Crippen molar-refractivity contribution in [3.8, 4) is 5.75 Å². The van der Waals surface area contributed by atoms with E-state index in [2.05, 4.69) is 16.9 Å². The number of aryl methyl sites for hydroxylation is 2. The third-order valence-corrected chi connectivity index (χ3v) is 6.22. The van der Waals surface area contributed by atoms with Crippen LogP contribution in [0.4, 0.5) is 0 Å². The minimum Gasteiger partial charge on any atom is -0.495 e. The summed E-state index contributed by atoms with van der Waals surface area (Å²) in [7, 11) is -2.17. The Kier molecular flexibility index (Phi) is 4.85. The lowest BCUT2D eigenvalue weighted by molar-refractivity contribution is 0.414. The third-order valence-electron chi connectivity index (χ3n) is 4.39. The average molecular weight is 366 g/mol. The van der Waals surface area contributed by atoms with Gasteiger partial charge in [-0.15, -0.1) is 0 Å². The molecule has 1 aliphatic rings. The van der Waals surface area contributed by atoms with Crippen molar-refractivity contribution in [1.29, 1.82) is 0 Å². The predicted molar refractivity (Wildman–Crippen MR) is 95.2 cm³/mol. The van der Waals surface area contributed by atoms with Gasteiger partial charge in [-0.1, -0.05) is 29.8 Å². The molecular formula is C18H20ClNO3S. The number of fused-ring (bicyclic) bond motifs is 1. The summed E-state index contributed by atoms with van der Waals surface area (Å²) in [4.78, 5) is 0.126. The maximum Gasteiger partial charge on any atom is 0.241 e. The van der Waals surface area contributed by atoms with E-state index in [-0.39, 0.29) is 16.0 Å². The SMILES string of the molecule is COc1ccc(S(=O)(=O)N[C@@H](C)c2ccc3c(c2)CCC3)cc1Cl. The highest BCUT2D eigenvalue weighted by Gasteiger charge is 2.21. The van der Waals surface area contributed by atoms with E-state index in [0.717, 1.165) is 18.4 Å². The number of rotatable bonds is 5. The van der Waals surface area contributed by atoms with Crippen molar-refractivity contribution in [3.05, 3.63) is 58.1 Å². The summed E-state index contributed by atoms with van der Waals surface area (Å²) in [5, 5.41) is 0.269. The summed E-state index contributed by atoms with van der Waals surface area (Å²) in [6.07, 6.45) is 3.35. The van der Waals surface area contributed by atoms with E-state index in [1.165, 1.54) is 36.8 Å². The molecule has 24 heavy (non-hydrogen) atoms. The maximum atomic E-state index is 12.6. The molecule has 2 aromatic carbocycles. The molecule has 0 saturated heterocycles. The molecule has 0 saturated carbocycles. The van der Waals surface area contributed by atoms with E-state index in [1.807, 2.05) is 13.0 Å². The van der Waals surface area contributed by atoms with E-state index in [0.29, 0.717) is 5.75 Å².